The maximum absolute atomic E-state index is 7.40. The van der Waals surface area contributed by atoms with Crippen molar-refractivity contribution in [3.63, 3.8) is 0 Å². The highest BCUT2D eigenvalue weighted by atomic mass is 35.5. The number of fused-ring (bicyclic) bond motifs is 12. The maximum Gasteiger partial charge on any atom is 0.143 e. The lowest BCUT2D eigenvalue weighted by Gasteiger charge is -2.38. The van der Waals surface area contributed by atoms with Crippen LogP contribution in [0.15, 0.2) is 184 Å². The molecular weight excluding hydrogens is 686 g/mol. The second kappa shape index (κ2) is 11.7. The first kappa shape index (κ1) is 30.4. The van der Waals surface area contributed by atoms with Crippen LogP contribution in [0, 0.1) is 12.1 Å². The normalized spacial score (nSPS) is 13.3. The Morgan fingerprint density at radius 3 is 2.02 bits per heavy atom. The van der Waals surface area contributed by atoms with Gasteiger partial charge in [-0.1, -0.05) is 151 Å². The van der Waals surface area contributed by atoms with Gasteiger partial charge in [-0.25, -0.2) is 0 Å². The predicted octanol–water partition coefficient (Wildman–Crippen LogP) is 13.8. The van der Waals surface area contributed by atoms with Gasteiger partial charge in [-0.2, -0.15) is 0 Å². The number of hydrogen-bond acceptors (Lipinski definition) is 3. The smallest absolute Gasteiger partial charge is 0.143 e. The summed E-state index contributed by atoms with van der Waals surface area (Å²) >= 11 is 9.22. The fourth-order valence-corrected chi connectivity index (χ4v) is 10.2. The summed E-state index contributed by atoms with van der Waals surface area (Å²) in [7, 11) is 0. The van der Waals surface area contributed by atoms with E-state index in [1.807, 2.05) is 30.0 Å². The third-order valence-corrected chi connectivity index (χ3v) is 12.3. The van der Waals surface area contributed by atoms with Gasteiger partial charge in [-0.15, -0.1) is 0 Å². The lowest BCUT2D eigenvalue weighted by molar-refractivity contribution is 0.670. The van der Waals surface area contributed by atoms with E-state index in [-0.39, 0.29) is 0 Å². The highest BCUT2D eigenvalue weighted by molar-refractivity contribution is 7.99. The molecule has 0 N–H and O–H groups in total. The van der Waals surface area contributed by atoms with E-state index in [0.29, 0.717) is 5.02 Å². The topological polar surface area (TPSA) is 16.4 Å². The minimum absolute atomic E-state index is 0.636. The van der Waals surface area contributed by atoms with Gasteiger partial charge in [0.15, 0.2) is 0 Å². The van der Waals surface area contributed by atoms with Crippen molar-refractivity contribution >= 4 is 62.4 Å². The molecule has 1 aliphatic heterocycles. The summed E-state index contributed by atoms with van der Waals surface area (Å²) in [4.78, 5) is 4.82. The largest absolute Gasteiger partial charge is 0.455 e. The fourth-order valence-electron chi connectivity index (χ4n) is 8.71. The van der Waals surface area contributed by atoms with E-state index in [1.54, 1.807) is 0 Å². The number of nitrogens with zero attached hydrogens (tertiary/aromatic N) is 1. The number of para-hydroxylation sites is 2. The molecule has 0 saturated carbocycles. The summed E-state index contributed by atoms with van der Waals surface area (Å²) in [6.45, 7) is 0. The third kappa shape index (κ3) is 4.31. The Labute approximate surface area is 316 Å². The molecule has 248 valence electrons. The molecule has 2 nitrogen and oxygen atoms in total. The number of halogens is 1. The van der Waals surface area contributed by atoms with Crippen molar-refractivity contribution in [1.29, 1.82) is 0 Å². The Kier molecular flexibility index (Phi) is 6.70. The molecule has 0 bridgehead atoms. The zero-order valence-electron chi connectivity index (χ0n) is 28.3. The molecule has 0 atom stereocenters. The number of benzene rings is 7. The van der Waals surface area contributed by atoms with Crippen LogP contribution < -0.4 is 4.90 Å². The van der Waals surface area contributed by atoms with Gasteiger partial charge in [0, 0.05) is 65.3 Å². The van der Waals surface area contributed by atoms with Crippen molar-refractivity contribution in [3.8, 4) is 22.3 Å². The van der Waals surface area contributed by atoms with E-state index in [1.165, 1.54) is 20.9 Å². The summed E-state index contributed by atoms with van der Waals surface area (Å²) in [5, 5.41) is 2.85. The van der Waals surface area contributed by atoms with Crippen molar-refractivity contribution in [2.75, 3.05) is 4.90 Å². The highest BCUT2D eigenvalue weighted by Gasteiger charge is 2.52. The van der Waals surface area contributed by atoms with E-state index in [9.17, 15) is 0 Å². The van der Waals surface area contributed by atoms with Crippen LogP contribution in [0.5, 0.6) is 0 Å². The Morgan fingerprint density at radius 2 is 1.25 bits per heavy atom. The van der Waals surface area contributed by atoms with Crippen LogP contribution in [-0.2, 0) is 5.41 Å². The summed E-state index contributed by atoms with van der Waals surface area (Å²) in [5.41, 5.74) is 13.0. The van der Waals surface area contributed by atoms with Crippen LogP contribution in [0.1, 0.15) is 22.3 Å². The lowest BCUT2D eigenvalue weighted by atomic mass is 9.67. The number of anilines is 3. The van der Waals surface area contributed by atoms with Crippen molar-refractivity contribution in [2.24, 2.45) is 0 Å². The second-order valence-corrected chi connectivity index (χ2v) is 15.1. The summed E-state index contributed by atoms with van der Waals surface area (Å²) in [6.07, 6.45) is 0. The molecule has 1 spiro atoms. The first-order valence-electron chi connectivity index (χ1n) is 17.7. The first-order valence-corrected chi connectivity index (χ1v) is 18.9. The van der Waals surface area contributed by atoms with Crippen LogP contribution >= 0.6 is 23.4 Å². The zero-order chi connectivity index (χ0) is 35.1. The molecule has 8 aromatic carbocycles. The van der Waals surface area contributed by atoms with Crippen LogP contribution in [0.3, 0.4) is 0 Å². The van der Waals surface area contributed by atoms with E-state index in [0.717, 1.165) is 72.4 Å². The Balaban J connectivity index is 1.27. The minimum Gasteiger partial charge on any atom is -0.455 e. The monoisotopic (exact) mass is 713 g/mol. The fraction of sp³-hybridized carbons (Fsp3) is 0.0204. The second-order valence-electron chi connectivity index (χ2n) is 13.6. The van der Waals surface area contributed by atoms with E-state index < -0.39 is 5.41 Å². The molecule has 0 amide bonds. The van der Waals surface area contributed by atoms with Crippen molar-refractivity contribution in [3.05, 3.63) is 209 Å². The van der Waals surface area contributed by atoms with Crippen LogP contribution in [0.2, 0.25) is 5.02 Å². The molecule has 0 saturated heterocycles. The van der Waals surface area contributed by atoms with Crippen molar-refractivity contribution in [2.45, 2.75) is 15.2 Å². The van der Waals surface area contributed by atoms with Gasteiger partial charge in [0.05, 0.1) is 11.1 Å². The van der Waals surface area contributed by atoms with Gasteiger partial charge in [-0.05, 0) is 70.8 Å². The average Bonchev–Trinajstić information content (AvgIpc) is 3.74. The Morgan fingerprint density at radius 1 is 0.585 bits per heavy atom. The van der Waals surface area contributed by atoms with E-state index >= 15 is 0 Å². The van der Waals surface area contributed by atoms with Crippen LogP contribution in [0.4, 0.5) is 17.1 Å². The van der Waals surface area contributed by atoms with Crippen molar-refractivity contribution in [1.82, 2.24) is 0 Å². The van der Waals surface area contributed by atoms with E-state index in [4.69, 9.17) is 16.0 Å². The van der Waals surface area contributed by atoms with Gasteiger partial charge < -0.3 is 9.32 Å². The molecular formula is C49H28ClNOS. The standard InChI is InChI=1S/C49H28ClNOS/c50-41-24-13-22-39-46(41)47-40(49(39)37-20-8-11-27-44(37)53-45-28-12-9-21-38(45)49)23-14-25-42(47)51(32-17-5-2-6-18-32)33-29-35(31-15-3-1-4-16-31)48-36(30-33)34-19-7-10-26-43(34)52-48/h1-13,15-22,24-30H. The van der Waals surface area contributed by atoms with Gasteiger partial charge in [0.1, 0.15) is 11.2 Å². The predicted molar refractivity (Wildman–Crippen MR) is 218 cm³/mol. The number of rotatable bonds is 4. The van der Waals surface area contributed by atoms with Gasteiger partial charge >= 0.3 is 0 Å². The SMILES string of the molecule is Clc1cccc2c1-c1c(c#ccc1N(c1ccccc1)c1cc(-c3ccccc3)c3oc4ccccc4c3c1)C21c2ccccc2Sc2ccccc21. The quantitative estimate of drug-likeness (QED) is 0.181. The molecule has 2 heterocycles. The molecule has 0 fully saturated rings. The summed E-state index contributed by atoms with van der Waals surface area (Å²) < 4.78 is 6.61. The Hall–Kier alpha value is -6.18. The number of furan rings is 1. The molecule has 0 radical (unpaired) electrons. The molecule has 1 aromatic heterocycles. The van der Waals surface area contributed by atoms with Gasteiger partial charge in [0.25, 0.3) is 0 Å². The minimum atomic E-state index is -0.636. The molecule has 9 aromatic rings. The number of hydrogen-bond donors (Lipinski definition) is 0. The Bertz CT molecular complexity index is 2850. The maximum atomic E-state index is 7.40. The highest BCUT2D eigenvalue weighted by Crippen LogP contribution is 2.64. The van der Waals surface area contributed by atoms with Crippen LogP contribution in [0.25, 0.3) is 44.2 Å². The van der Waals surface area contributed by atoms with Gasteiger partial charge in [-0.3, -0.25) is 0 Å². The molecule has 53 heavy (non-hydrogen) atoms. The lowest BCUT2D eigenvalue weighted by Crippen LogP contribution is -2.31. The summed E-state index contributed by atoms with van der Waals surface area (Å²) in [5.74, 6) is 0. The molecule has 2 aliphatic rings. The van der Waals surface area contributed by atoms with Crippen LogP contribution in [-0.4, -0.2) is 0 Å². The third-order valence-electron chi connectivity index (χ3n) is 10.8. The molecule has 11 rings (SSSR count). The zero-order valence-corrected chi connectivity index (χ0v) is 29.9. The van der Waals surface area contributed by atoms with E-state index in [2.05, 4.69) is 169 Å². The average molecular weight is 714 g/mol. The summed E-state index contributed by atoms with van der Waals surface area (Å²) in [6, 6.07) is 67.2. The first-order chi connectivity index (χ1) is 26.2. The van der Waals surface area contributed by atoms with Crippen molar-refractivity contribution < 1.29 is 4.42 Å². The van der Waals surface area contributed by atoms with Gasteiger partial charge in [0.2, 0.25) is 0 Å². The molecule has 4 heteroatoms. The molecule has 1 aliphatic carbocycles. The molecule has 0 unspecified atom stereocenters.